The third-order valence-corrected chi connectivity index (χ3v) is 2.26. The van der Waals surface area contributed by atoms with Gasteiger partial charge in [0, 0.05) is 4.88 Å². The van der Waals surface area contributed by atoms with E-state index in [4.69, 9.17) is 4.74 Å². The fraction of sp³-hybridized carbons (Fsp3) is 0.500. The van der Waals surface area contributed by atoms with Crippen LogP contribution in [-0.2, 0) is 4.74 Å². The molecule has 0 unspecified atom stereocenters. The zero-order chi connectivity index (χ0) is 9.14. The summed E-state index contributed by atoms with van der Waals surface area (Å²) < 4.78 is 4.83. The Morgan fingerprint density at radius 1 is 1.54 bits per heavy atom. The van der Waals surface area contributed by atoms with Crippen molar-refractivity contribution in [1.29, 1.82) is 0 Å². The molecule has 0 aliphatic rings. The van der Waals surface area contributed by atoms with Crippen molar-refractivity contribution in [3.05, 3.63) is 15.6 Å². The quantitative estimate of drug-likeness (QED) is 0.772. The summed E-state index contributed by atoms with van der Waals surface area (Å²) in [6.07, 6.45) is 0. The molecular formula is C8H12BrNO2S. The first-order valence-electron chi connectivity index (χ1n) is 3.76. The molecule has 0 amide bonds. The monoisotopic (exact) mass is 265 g/mol. The molecule has 0 saturated carbocycles. The smallest absolute Gasteiger partial charge is 0.358 e. The van der Waals surface area contributed by atoms with Crippen LogP contribution in [0.4, 0.5) is 0 Å². The van der Waals surface area contributed by atoms with Crippen LogP contribution in [-0.4, -0.2) is 17.6 Å². The third-order valence-electron chi connectivity index (χ3n) is 1.37. The number of nitrogens with zero attached hydrogens (tertiary/aromatic N) is 1. The lowest BCUT2D eigenvalue weighted by molar-refractivity contribution is 0.0519. The normalized spacial score (nSPS) is 9.15. The van der Waals surface area contributed by atoms with E-state index in [1.807, 2.05) is 13.8 Å². The molecule has 1 rings (SSSR count). The van der Waals surface area contributed by atoms with E-state index in [0.29, 0.717) is 12.3 Å². The summed E-state index contributed by atoms with van der Waals surface area (Å²) >= 11 is 1.51. The van der Waals surface area contributed by atoms with Crippen molar-refractivity contribution >= 4 is 34.3 Å². The molecule has 0 aliphatic carbocycles. The van der Waals surface area contributed by atoms with E-state index in [-0.39, 0.29) is 23.0 Å². The fourth-order valence-corrected chi connectivity index (χ4v) is 1.72. The summed E-state index contributed by atoms with van der Waals surface area (Å²) in [5.41, 5.74) is 0.458. The van der Waals surface area contributed by atoms with Gasteiger partial charge in [0.15, 0.2) is 5.69 Å². The SMILES string of the molecule is Br.CCOC(=O)c1nc(C)sc1C. The lowest BCUT2D eigenvalue weighted by Crippen LogP contribution is -2.06. The molecule has 1 aromatic rings. The second-order valence-electron chi connectivity index (χ2n) is 2.36. The minimum absolute atomic E-state index is 0. The average Bonchev–Trinajstić information content (AvgIpc) is 2.30. The first-order chi connectivity index (χ1) is 5.65. The number of esters is 1. The summed E-state index contributed by atoms with van der Waals surface area (Å²) in [6, 6.07) is 0. The zero-order valence-electron chi connectivity index (χ0n) is 7.79. The molecule has 13 heavy (non-hydrogen) atoms. The molecule has 0 fully saturated rings. The summed E-state index contributed by atoms with van der Waals surface area (Å²) in [4.78, 5) is 16.2. The van der Waals surface area contributed by atoms with Crippen molar-refractivity contribution in [3.8, 4) is 0 Å². The highest BCUT2D eigenvalue weighted by molar-refractivity contribution is 8.93. The fourth-order valence-electron chi connectivity index (χ4n) is 0.918. The molecule has 0 aliphatic heterocycles. The second kappa shape index (κ2) is 5.34. The molecule has 0 aromatic carbocycles. The molecule has 74 valence electrons. The van der Waals surface area contributed by atoms with Crippen LogP contribution in [0, 0.1) is 13.8 Å². The highest BCUT2D eigenvalue weighted by atomic mass is 79.9. The van der Waals surface area contributed by atoms with Crippen LogP contribution in [0.25, 0.3) is 0 Å². The van der Waals surface area contributed by atoms with Gasteiger partial charge in [0.05, 0.1) is 11.6 Å². The molecule has 0 saturated heterocycles. The van der Waals surface area contributed by atoms with E-state index < -0.39 is 0 Å². The van der Waals surface area contributed by atoms with Crippen LogP contribution in [0.2, 0.25) is 0 Å². The molecular weight excluding hydrogens is 254 g/mol. The summed E-state index contributed by atoms with van der Waals surface area (Å²) in [6.45, 7) is 5.93. The van der Waals surface area contributed by atoms with Crippen molar-refractivity contribution < 1.29 is 9.53 Å². The number of ether oxygens (including phenoxy) is 1. The molecule has 0 N–H and O–H groups in total. The van der Waals surface area contributed by atoms with Gasteiger partial charge in [0.1, 0.15) is 0 Å². The van der Waals surface area contributed by atoms with Gasteiger partial charge in [0.2, 0.25) is 0 Å². The van der Waals surface area contributed by atoms with E-state index >= 15 is 0 Å². The minimum Gasteiger partial charge on any atom is -0.461 e. The number of carbonyl (C=O) groups excluding carboxylic acids is 1. The maximum Gasteiger partial charge on any atom is 0.358 e. The number of hydrogen-bond acceptors (Lipinski definition) is 4. The number of thiazole rings is 1. The number of aromatic nitrogens is 1. The van der Waals surface area contributed by atoms with Crippen LogP contribution in [0.15, 0.2) is 0 Å². The summed E-state index contributed by atoms with van der Waals surface area (Å²) in [5.74, 6) is -0.320. The number of hydrogen-bond donors (Lipinski definition) is 0. The first-order valence-corrected chi connectivity index (χ1v) is 4.58. The van der Waals surface area contributed by atoms with Gasteiger partial charge in [-0.1, -0.05) is 0 Å². The Hall–Kier alpha value is -0.420. The van der Waals surface area contributed by atoms with E-state index in [1.165, 1.54) is 11.3 Å². The number of aryl methyl sites for hydroxylation is 2. The van der Waals surface area contributed by atoms with Gasteiger partial charge in [0.25, 0.3) is 0 Å². The van der Waals surface area contributed by atoms with Gasteiger partial charge in [-0.3, -0.25) is 0 Å². The summed E-state index contributed by atoms with van der Waals surface area (Å²) in [5, 5.41) is 0.899. The van der Waals surface area contributed by atoms with E-state index in [0.717, 1.165) is 9.88 Å². The Morgan fingerprint density at radius 3 is 2.54 bits per heavy atom. The van der Waals surface area contributed by atoms with Gasteiger partial charge in [-0.05, 0) is 20.8 Å². The minimum atomic E-state index is -0.320. The predicted molar refractivity (Wildman–Crippen MR) is 57.9 cm³/mol. The standard InChI is InChI=1S/C8H11NO2S.BrH/c1-4-11-8(10)7-5(2)12-6(3)9-7;/h4H2,1-3H3;1H. The predicted octanol–water partition coefficient (Wildman–Crippen LogP) is 2.51. The van der Waals surface area contributed by atoms with Crippen molar-refractivity contribution in [2.24, 2.45) is 0 Å². The maximum atomic E-state index is 11.2. The molecule has 0 atom stereocenters. The Balaban J connectivity index is 0.00000144. The van der Waals surface area contributed by atoms with Crippen LogP contribution >= 0.6 is 28.3 Å². The molecule has 0 bridgehead atoms. The van der Waals surface area contributed by atoms with E-state index in [9.17, 15) is 4.79 Å². The molecule has 0 spiro atoms. The molecule has 5 heteroatoms. The van der Waals surface area contributed by atoms with Crippen LogP contribution in [0.5, 0.6) is 0 Å². The summed E-state index contributed by atoms with van der Waals surface area (Å²) in [7, 11) is 0. The Bertz CT molecular complexity index is 298. The molecule has 3 nitrogen and oxygen atoms in total. The van der Waals surface area contributed by atoms with Gasteiger partial charge in [-0.25, -0.2) is 9.78 Å². The maximum absolute atomic E-state index is 11.2. The van der Waals surface area contributed by atoms with Gasteiger partial charge in [-0.15, -0.1) is 28.3 Å². The largest absolute Gasteiger partial charge is 0.461 e. The van der Waals surface area contributed by atoms with E-state index in [1.54, 1.807) is 6.92 Å². The molecule has 1 heterocycles. The van der Waals surface area contributed by atoms with Crippen molar-refractivity contribution in [3.63, 3.8) is 0 Å². The topological polar surface area (TPSA) is 39.2 Å². The lowest BCUT2D eigenvalue weighted by Gasteiger charge is -1.97. The third kappa shape index (κ3) is 3.08. The first kappa shape index (κ1) is 12.6. The van der Waals surface area contributed by atoms with Crippen molar-refractivity contribution in [2.45, 2.75) is 20.8 Å². The van der Waals surface area contributed by atoms with Crippen molar-refractivity contribution in [1.82, 2.24) is 4.98 Å². The Labute approximate surface area is 91.9 Å². The number of carbonyl (C=O) groups is 1. The van der Waals surface area contributed by atoms with Crippen molar-refractivity contribution in [2.75, 3.05) is 6.61 Å². The van der Waals surface area contributed by atoms with Gasteiger partial charge in [-0.2, -0.15) is 0 Å². The highest BCUT2D eigenvalue weighted by Crippen LogP contribution is 2.16. The van der Waals surface area contributed by atoms with Crippen LogP contribution < -0.4 is 0 Å². The van der Waals surface area contributed by atoms with Crippen LogP contribution in [0.1, 0.15) is 27.3 Å². The molecule has 1 aromatic heterocycles. The molecule has 0 radical (unpaired) electrons. The van der Waals surface area contributed by atoms with Crippen LogP contribution in [0.3, 0.4) is 0 Å². The lowest BCUT2D eigenvalue weighted by atomic mass is 10.4. The number of rotatable bonds is 2. The second-order valence-corrected chi connectivity index (χ2v) is 3.77. The zero-order valence-corrected chi connectivity index (χ0v) is 10.3. The van der Waals surface area contributed by atoms with E-state index in [2.05, 4.69) is 4.98 Å². The highest BCUT2D eigenvalue weighted by Gasteiger charge is 2.13. The Morgan fingerprint density at radius 2 is 2.15 bits per heavy atom. The average molecular weight is 266 g/mol. The number of halogens is 1. The van der Waals surface area contributed by atoms with Gasteiger partial charge < -0.3 is 4.74 Å². The van der Waals surface area contributed by atoms with Gasteiger partial charge >= 0.3 is 5.97 Å². The Kier molecular flexibility index (Phi) is 5.17.